The van der Waals surface area contributed by atoms with Crippen molar-refractivity contribution in [2.45, 2.75) is 20.8 Å². The van der Waals surface area contributed by atoms with Crippen molar-refractivity contribution >= 4 is 17.0 Å². The van der Waals surface area contributed by atoms with E-state index in [2.05, 4.69) is 28.1 Å². The molecule has 0 aliphatic heterocycles. The Morgan fingerprint density at radius 3 is 2.40 bits per heavy atom. The molecule has 3 rings (SSSR count). The zero-order valence-corrected chi connectivity index (χ0v) is 12.4. The van der Waals surface area contributed by atoms with Crippen molar-refractivity contribution < 1.29 is 0 Å². The number of nitrogens with two attached hydrogens (primary N) is 1. The molecule has 6 heteroatoms. The van der Waals surface area contributed by atoms with Crippen LogP contribution in [0.15, 0.2) is 24.4 Å². The molecule has 0 radical (unpaired) electrons. The number of aryl methyl sites for hydroxylation is 3. The standard InChI is InChI=1S/C14H15N5S/c1-8-6-9(2)17-14(16-8)19-7-11(15)13(18-19)12-5-4-10(3)20-12/h4-7H,15H2,1-3H3. The molecule has 0 aliphatic rings. The van der Waals surface area contributed by atoms with Crippen LogP contribution in [0.5, 0.6) is 0 Å². The van der Waals surface area contributed by atoms with Gasteiger partial charge in [0.15, 0.2) is 0 Å². The Morgan fingerprint density at radius 2 is 1.80 bits per heavy atom. The van der Waals surface area contributed by atoms with Gasteiger partial charge in [-0.3, -0.25) is 0 Å². The molecule has 3 aromatic rings. The summed E-state index contributed by atoms with van der Waals surface area (Å²) in [6, 6.07) is 6.02. The Kier molecular flexibility index (Phi) is 3.02. The number of hydrogen-bond acceptors (Lipinski definition) is 5. The predicted octanol–water partition coefficient (Wildman–Crippen LogP) is 2.90. The molecule has 0 aromatic carbocycles. The lowest BCUT2D eigenvalue weighted by Gasteiger charge is -2.02. The third-order valence-electron chi connectivity index (χ3n) is 2.89. The van der Waals surface area contributed by atoms with Crippen molar-refractivity contribution in [3.8, 4) is 16.5 Å². The minimum absolute atomic E-state index is 0.550. The summed E-state index contributed by atoms with van der Waals surface area (Å²) >= 11 is 1.67. The lowest BCUT2D eigenvalue weighted by Crippen LogP contribution is -2.04. The van der Waals surface area contributed by atoms with Crippen molar-refractivity contribution in [3.05, 3.63) is 40.7 Å². The maximum absolute atomic E-state index is 6.06. The zero-order valence-electron chi connectivity index (χ0n) is 11.6. The highest BCUT2D eigenvalue weighted by molar-refractivity contribution is 7.15. The van der Waals surface area contributed by atoms with Gasteiger partial charge in [-0.15, -0.1) is 11.3 Å². The van der Waals surface area contributed by atoms with E-state index in [1.165, 1.54) is 4.88 Å². The number of anilines is 1. The molecule has 0 saturated heterocycles. The first-order valence-electron chi connectivity index (χ1n) is 6.27. The Hall–Kier alpha value is -2.21. The van der Waals surface area contributed by atoms with E-state index in [9.17, 15) is 0 Å². The molecule has 2 N–H and O–H groups in total. The van der Waals surface area contributed by atoms with E-state index < -0.39 is 0 Å². The second-order valence-corrected chi connectivity index (χ2v) is 6.03. The minimum atomic E-state index is 0.550. The van der Waals surface area contributed by atoms with E-state index in [0.717, 1.165) is 22.0 Å². The lowest BCUT2D eigenvalue weighted by molar-refractivity contribution is 0.797. The summed E-state index contributed by atoms with van der Waals surface area (Å²) in [5, 5.41) is 4.52. The van der Waals surface area contributed by atoms with E-state index in [1.54, 1.807) is 22.2 Å². The van der Waals surface area contributed by atoms with Crippen LogP contribution in [0.4, 0.5) is 5.69 Å². The van der Waals surface area contributed by atoms with Crippen LogP contribution in [0.25, 0.3) is 16.5 Å². The Morgan fingerprint density at radius 1 is 1.10 bits per heavy atom. The van der Waals surface area contributed by atoms with Crippen molar-refractivity contribution in [2.75, 3.05) is 5.73 Å². The molecular weight excluding hydrogens is 270 g/mol. The highest BCUT2D eigenvalue weighted by Gasteiger charge is 2.13. The van der Waals surface area contributed by atoms with Gasteiger partial charge in [-0.2, -0.15) is 5.10 Å². The number of hydrogen-bond donors (Lipinski definition) is 1. The minimum Gasteiger partial charge on any atom is -0.396 e. The van der Waals surface area contributed by atoms with Crippen molar-refractivity contribution in [1.29, 1.82) is 0 Å². The molecule has 0 aliphatic carbocycles. The van der Waals surface area contributed by atoms with E-state index in [0.29, 0.717) is 11.6 Å². The molecular formula is C14H15N5S. The maximum Gasteiger partial charge on any atom is 0.251 e. The van der Waals surface area contributed by atoms with Crippen molar-refractivity contribution in [3.63, 3.8) is 0 Å². The van der Waals surface area contributed by atoms with Crippen LogP contribution < -0.4 is 5.73 Å². The number of aromatic nitrogens is 4. The molecule has 0 bridgehead atoms. The first-order chi connectivity index (χ1) is 9.52. The van der Waals surface area contributed by atoms with Gasteiger partial charge in [0.1, 0.15) is 5.69 Å². The molecule has 20 heavy (non-hydrogen) atoms. The molecule has 3 heterocycles. The smallest absolute Gasteiger partial charge is 0.251 e. The van der Waals surface area contributed by atoms with Gasteiger partial charge in [-0.1, -0.05) is 0 Å². The fourth-order valence-corrected chi connectivity index (χ4v) is 2.93. The molecule has 0 amide bonds. The number of nitrogens with zero attached hydrogens (tertiary/aromatic N) is 4. The molecule has 0 unspecified atom stereocenters. The van der Waals surface area contributed by atoms with Crippen LogP contribution in [-0.4, -0.2) is 19.7 Å². The van der Waals surface area contributed by atoms with Gasteiger partial charge in [-0.05, 0) is 39.0 Å². The average Bonchev–Trinajstić information content (AvgIpc) is 2.94. The summed E-state index contributed by atoms with van der Waals surface area (Å²) in [6.45, 7) is 5.94. The maximum atomic E-state index is 6.06. The first kappa shape index (κ1) is 12.8. The van der Waals surface area contributed by atoms with Gasteiger partial charge < -0.3 is 5.73 Å². The second kappa shape index (κ2) is 4.72. The highest BCUT2D eigenvalue weighted by atomic mass is 32.1. The van der Waals surface area contributed by atoms with Gasteiger partial charge in [0.05, 0.1) is 16.8 Å². The van der Waals surface area contributed by atoms with Crippen LogP contribution in [-0.2, 0) is 0 Å². The van der Waals surface area contributed by atoms with Crippen LogP contribution in [0.1, 0.15) is 16.3 Å². The fourth-order valence-electron chi connectivity index (χ4n) is 2.05. The Labute approximate surface area is 121 Å². The zero-order chi connectivity index (χ0) is 14.3. The van der Waals surface area contributed by atoms with Crippen LogP contribution >= 0.6 is 11.3 Å². The Bertz CT molecular complexity index is 751. The molecule has 0 saturated carbocycles. The SMILES string of the molecule is Cc1cc(C)nc(-n2cc(N)c(-c3ccc(C)s3)n2)n1. The second-order valence-electron chi connectivity index (χ2n) is 4.74. The summed E-state index contributed by atoms with van der Waals surface area (Å²) in [6.07, 6.45) is 1.76. The monoisotopic (exact) mass is 285 g/mol. The van der Waals surface area contributed by atoms with Gasteiger partial charge in [-0.25, -0.2) is 14.6 Å². The Balaban J connectivity index is 2.08. The number of nitrogen functional groups attached to an aromatic ring is 1. The van der Waals surface area contributed by atoms with Crippen molar-refractivity contribution in [2.24, 2.45) is 0 Å². The molecule has 5 nitrogen and oxygen atoms in total. The topological polar surface area (TPSA) is 69.6 Å². The van der Waals surface area contributed by atoms with E-state index >= 15 is 0 Å². The van der Waals surface area contributed by atoms with Gasteiger partial charge >= 0.3 is 0 Å². The van der Waals surface area contributed by atoms with E-state index in [1.807, 2.05) is 26.0 Å². The molecule has 102 valence electrons. The van der Waals surface area contributed by atoms with Crippen LogP contribution in [0.2, 0.25) is 0 Å². The summed E-state index contributed by atoms with van der Waals surface area (Å²) in [4.78, 5) is 11.1. The van der Waals surface area contributed by atoms with Crippen LogP contribution in [0, 0.1) is 20.8 Å². The largest absolute Gasteiger partial charge is 0.396 e. The van der Waals surface area contributed by atoms with E-state index in [4.69, 9.17) is 5.73 Å². The summed E-state index contributed by atoms with van der Waals surface area (Å²) < 4.78 is 1.64. The van der Waals surface area contributed by atoms with Crippen molar-refractivity contribution in [1.82, 2.24) is 19.7 Å². The number of thiophene rings is 1. The summed E-state index contributed by atoms with van der Waals surface area (Å²) in [7, 11) is 0. The van der Waals surface area contributed by atoms with Crippen LogP contribution in [0.3, 0.4) is 0 Å². The van der Waals surface area contributed by atoms with Gasteiger partial charge in [0.25, 0.3) is 5.95 Å². The average molecular weight is 285 g/mol. The van der Waals surface area contributed by atoms with Gasteiger partial charge in [0, 0.05) is 16.3 Å². The molecule has 0 fully saturated rings. The third kappa shape index (κ3) is 2.30. The summed E-state index contributed by atoms with van der Waals surface area (Å²) in [5.41, 5.74) is 9.31. The quantitative estimate of drug-likeness (QED) is 0.786. The van der Waals surface area contributed by atoms with Gasteiger partial charge in [0.2, 0.25) is 0 Å². The number of rotatable bonds is 2. The fraction of sp³-hybridized carbons (Fsp3) is 0.214. The third-order valence-corrected chi connectivity index (χ3v) is 3.90. The molecule has 3 aromatic heterocycles. The molecule has 0 atom stereocenters. The summed E-state index contributed by atoms with van der Waals surface area (Å²) in [5.74, 6) is 0.550. The normalized spacial score (nSPS) is 10.9. The lowest BCUT2D eigenvalue weighted by atomic mass is 10.3. The molecule has 0 spiro atoms. The predicted molar refractivity (Wildman–Crippen MR) is 81.1 cm³/mol. The first-order valence-corrected chi connectivity index (χ1v) is 7.09. The highest BCUT2D eigenvalue weighted by Crippen LogP contribution is 2.30. The van der Waals surface area contributed by atoms with E-state index in [-0.39, 0.29) is 0 Å².